The van der Waals surface area contributed by atoms with Crippen LogP contribution in [0.1, 0.15) is 35.2 Å². The number of hydrogen-bond acceptors (Lipinski definition) is 2. The van der Waals surface area contributed by atoms with Gasteiger partial charge in [0, 0.05) is 6.54 Å². The van der Waals surface area contributed by atoms with Crippen LogP contribution in [-0.2, 0) is 17.8 Å². The zero-order valence-electron chi connectivity index (χ0n) is 13.1. The summed E-state index contributed by atoms with van der Waals surface area (Å²) >= 11 is 0. The van der Waals surface area contributed by atoms with Crippen LogP contribution < -0.4 is 10.6 Å². The molecule has 3 nitrogen and oxygen atoms in total. The van der Waals surface area contributed by atoms with E-state index in [0.29, 0.717) is 0 Å². The second-order valence-corrected chi connectivity index (χ2v) is 5.99. The molecule has 0 spiro atoms. The minimum atomic E-state index is -0.152. The molecular weight excluding hydrogens is 272 g/mol. The molecule has 0 saturated carbocycles. The second kappa shape index (κ2) is 6.32. The smallest absolute Gasteiger partial charge is 0.237 e. The van der Waals surface area contributed by atoms with Gasteiger partial charge in [-0.3, -0.25) is 4.79 Å². The van der Waals surface area contributed by atoms with E-state index in [1.54, 1.807) is 0 Å². The molecule has 3 heteroatoms. The second-order valence-electron chi connectivity index (χ2n) is 5.99. The molecule has 1 amide bonds. The summed E-state index contributed by atoms with van der Waals surface area (Å²) in [5, 5.41) is 6.47. The third-order valence-electron chi connectivity index (χ3n) is 4.41. The molecule has 1 aliphatic rings. The van der Waals surface area contributed by atoms with Gasteiger partial charge in [-0.05, 0) is 42.5 Å². The van der Waals surface area contributed by atoms with Gasteiger partial charge in [0.25, 0.3) is 0 Å². The van der Waals surface area contributed by atoms with Crippen molar-refractivity contribution in [3.8, 4) is 0 Å². The van der Waals surface area contributed by atoms with Gasteiger partial charge in [0.05, 0.1) is 12.1 Å². The van der Waals surface area contributed by atoms with Crippen LogP contribution in [0.25, 0.3) is 0 Å². The van der Waals surface area contributed by atoms with Crippen molar-refractivity contribution in [2.24, 2.45) is 0 Å². The molecule has 1 unspecified atom stereocenters. The number of amides is 1. The van der Waals surface area contributed by atoms with Crippen molar-refractivity contribution in [1.29, 1.82) is 0 Å². The Balaban J connectivity index is 1.67. The summed E-state index contributed by atoms with van der Waals surface area (Å²) < 4.78 is 0. The summed E-state index contributed by atoms with van der Waals surface area (Å²) in [4.78, 5) is 12.5. The van der Waals surface area contributed by atoms with Crippen LogP contribution in [0.3, 0.4) is 0 Å². The molecule has 0 radical (unpaired) electrons. The molecular formula is C19H22N2O. The number of rotatable bonds is 3. The quantitative estimate of drug-likeness (QED) is 0.914. The molecule has 2 N–H and O–H groups in total. The van der Waals surface area contributed by atoms with Gasteiger partial charge in [-0.2, -0.15) is 0 Å². The molecule has 2 atom stereocenters. The Morgan fingerprint density at radius 2 is 1.82 bits per heavy atom. The minimum Gasteiger partial charge on any atom is -0.348 e. The van der Waals surface area contributed by atoms with Gasteiger partial charge in [-0.15, -0.1) is 0 Å². The van der Waals surface area contributed by atoms with Crippen molar-refractivity contribution in [1.82, 2.24) is 10.6 Å². The highest BCUT2D eigenvalue weighted by Gasteiger charge is 2.25. The van der Waals surface area contributed by atoms with Crippen LogP contribution in [0.15, 0.2) is 48.5 Å². The average Bonchev–Trinajstić information content (AvgIpc) is 2.54. The van der Waals surface area contributed by atoms with Crippen molar-refractivity contribution < 1.29 is 4.79 Å². The van der Waals surface area contributed by atoms with Gasteiger partial charge < -0.3 is 10.6 Å². The molecule has 2 aromatic rings. The molecule has 1 heterocycles. The lowest BCUT2D eigenvalue weighted by Crippen LogP contribution is -2.48. The Kier molecular flexibility index (Phi) is 4.25. The minimum absolute atomic E-state index is 0.0210. The fourth-order valence-corrected chi connectivity index (χ4v) is 3.10. The van der Waals surface area contributed by atoms with Crippen LogP contribution in [0, 0.1) is 6.92 Å². The Bertz CT molecular complexity index is 681. The van der Waals surface area contributed by atoms with Gasteiger partial charge in [-0.25, -0.2) is 0 Å². The summed E-state index contributed by atoms with van der Waals surface area (Å²) in [6.07, 6.45) is 0.752. The number of nitrogens with one attached hydrogen (secondary N) is 2. The normalized spacial score (nSPS) is 18.4. The van der Waals surface area contributed by atoms with Crippen LogP contribution in [0.5, 0.6) is 0 Å². The fourth-order valence-electron chi connectivity index (χ4n) is 3.10. The van der Waals surface area contributed by atoms with Crippen LogP contribution in [-0.4, -0.2) is 11.9 Å². The van der Waals surface area contributed by atoms with Crippen molar-refractivity contribution in [3.05, 3.63) is 70.8 Å². The highest BCUT2D eigenvalue weighted by molar-refractivity contribution is 5.82. The van der Waals surface area contributed by atoms with Gasteiger partial charge >= 0.3 is 0 Å². The maximum absolute atomic E-state index is 12.5. The summed E-state index contributed by atoms with van der Waals surface area (Å²) in [6, 6.07) is 16.4. The SMILES string of the molecule is Cc1ccccc1[C@@H](C)NC(=O)C1Cc2ccccc2CN1. The highest BCUT2D eigenvalue weighted by atomic mass is 16.2. The first-order valence-electron chi connectivity index (χ1n) is 7.81. The number of benzene rings is 2. The molecule has 0 aliphatic carbocycles. The third kappa shape index (κ3) is 3.04. The average molecular weight is 294 g/mol. The van der Waals surface area contributed by atoms with Crippen molar-refractivity contribution >= 4 is 5.91 Å². The molecule has 114 valence electrons. The zero-order valence-corrected chi connectivity index (χ0v) is 13.1. The van der Waals surface area contributed by atoms with E-state index in [2.05, 4.69) is 41.8 Å². The maximum atomic E-state index is 12.5. The Morgan fingerprint density at radius 1 is 1.14 bits per heavy atom. The molecule has 22 heavy (non-hydrogen) atoms. The number of fused-ring (bicyclic) bond motifs is 1. The number of carbonyl (C=O) groups excluding carboxylic acids is 1. The van der Waals surface area contributed by atoms with E-state index >= 15 is 0 Å². The zero-order chi connectivity index (χ0) is 15.5. The first-order chi connectivity index (χ1) is 10.6. The Morgan fingerprint density at radius 3 is 2.59 bits per heavy atom. The van der Waals surface area contributed by atoms with E-state index < -0.39 is 0 Å². The van der Waals surface area contributed by atoms with E-state index in [1.165, 1.54) is 22.3 Å². The largest absolute Gasteiger partial charge is 0.348 e. The first kappa shape index (κ1) is 14.8. The Labute approximate surface area is 131 Å². The van der Waals surface area contributed by atoms with Crippen LogP contribution >= 0.6 is 0 Å². The standard InChI is InChI=1S/C19H22N2O/c1-13-7-3-6-10-17(13)14(2)21-19(22)18-11-15-8-4-5-9-16(15)12-20-18/h3-10,14,18,20H,11-12H2,1-2H3,(H,21,22)/t14-,18?/m1/s1. The number of carbonyl (C=O) groups is 1. The van der Waals surface area contributed by atoms with E-state index in [0.717, 1.165) is 13.0 Å². The molecule has 3 rings (SSSR count). The lowest BCUT2D eigenvalue weighted by atomic mass is 9.95. The van der Waals surface area contributed by atoms with Crippen molar-refractivity contribution in [2.75, 3.05) is 0 Å². The van der Waals surface area contributed by atoms with E-state index in [-0.39, 0.29) is 18.0 Å². The van der Waals surface area contributed by atoms with Gasteiger partial charge in [0.15, 0.2) is 0 Å². The topological polar surface area (TPSA) is 41.1 Å². The van der Waals surface area contributed by atoms with E-state index in [4.69, 9.17) is 0 Å². The predicted molar refractivity (Wildman–Crippen MR) is 88.5 cm³/mol. The van der Waals surface area contributed by atoms with Crippen LogP contribution in [0.2, 0.25) is 0 Å². The third-order valence-corrected chi connectivity index (χ3v) is 4.41. The molecule has 0 aromatic heterocycles. The van der Waals surface area contributed by atoms with Gasteiger partial charge in [-0.1, -0.05) is 48.5 Å². The molecule has 0 bridgehead atoms. The van der Waals surface area contributed by atoms with Crippen molar-refractivity contribution in [3.63, 3.8) is 0 Å². The molecule has 1 aliphatic heterocycles. The van der Waals surface area contributed by atoms with E-state index in [9.17, 15) is 4.79 Å². The summed E-state index contributed by atoms with van der Waals surface area (Å²) in [7, 11) is 0. The number of hydrogen-bond donors (Lipinski definition) is 2. The van der Waals surface area contributed by atoms with Crippen molar-refractivity contribution in [2.45, 2.75) is 38.9 Å². The van der Waals surface area contributed by atoms with Gasteiger partial charge in [0.1, 0.15) is 0 Å². The predicted octanol–water partition coefficient (Wildman–Crippen LogP) is 2.89. The summed E-state index contributed by atoms with van der Waals surface area (Å²) in [6.45, 7) is 4.87. The Hall–Kier alpha value is -2.13. The summed E-state index contributed by atoms with van der Waals surface area (Å²) in [5.41, 5.74) is 4.94. The number of aryl methyl sites for hydroxylation is 1. The lowest BCUT2D eigenvalue weighted by molar-refractivity contribution is -0.124. The lowest BCUT2D eigenvalue weighted by Gasteiger charge is -2.27. The van der Waals surface area contributed by atoms with Gasteiger partial charge in [0.2, 0.25) is 5.91 Å². The first-order valence-corrected chi connectivity index (χ1v) is 7.81. The molecule has 0 fully saturated rings. The molecule has 0 saturated heterocycles. The highest BCUT2D eigenvalue weighted by Crippen LogP contribution is 2.19. The monoisotopic (exact) mass is 294 g/mol. The maximum Gasteiger partial charge on any atom is 0.237 e. The fraction of sp³-hybridized carbons (Fsp3) is 0.316. The van der Waals surface area contributed by atoms with E-state index in [1.807, 2.05) is 31.2 Å². The van der Waals surface area contributed by atoms with Crippen LogP contribution in [0.4, 0.5) is 0 Å². The molecule has 2 aromatic carbocycles. The summed E-state index contributed by atoms with van der Waals surface area (Å²) in [5.74, 6) is 0.0743.